The third kappa shape index (κ3) is 11.3. The van der Waals surface area contributed by atoms with Gasteiger partial charge in [-0.15, -0.1) is 24.0 Å². The Balaban J connectivity index is 0.00000484. The second-order valence-electron chi connectivity index (χ2n) is 5.08. The summed E-state index contributed by atoms with van der Waals surface area (Å²) in [5.74, 6) is 0.736. The fourth-order valence-corrected chi connectivity index (χ4v) is 2.09. The largest absolute Gasteiger partial charge is 0.379 e. The third-order valence-corrected chi connectivity index (χ3v) is 3.85. The molecule has 0 amide bonds. The van der Waals surface area contributed by atoms with Gasteiger partial charge < -0.3 is 15.4 Å². The Morgan fingerprint density at radius 2 is 1.83 bits per heavy atom. The first-order valence-corrected chi connectivity index (χ1v) is 9.22. The van der Waals surface area contributed by atoms with Crippen molar-refractivity contribution in [2.75, 3.05) is 38.8 Å². The number of hydrogen-bond donors (Lipinski definition) is 2. The van der Waals surface area contributed by atoms with Crippen LogP contribution in [-0.2, 0) is 21.1 Å². The first kappa shape index (κ1) is 22.1. The van der Waals surface area contributed by atoms with Crippen LogP contribution in [0.15, 0.2) is 29.3 Å². The van der Waals surface area contributed by atoms with Gasteiger partial charge in [-0.1, -0.05) is 29.8 Å². The molecule has 2 N–H and O–H groups in total. The van der Waals surface area contributed by atoms with Crippen molar-refractivity contribution in [2.24, 2.45) is 4.99 Å². The zero-order valence-corrected chi connectivity index (χ0v) is 17.0. The van der Waals surface area contributed by atoms with E-state index in [-0.39, 0.29) is 36.3 Å². The van der Waals surface area contributed by atoms with Gasteiger partial charge in [-0.2, -0.15) is 0 Å². The average Bonchev–Trinajstić information content (AvgIpc) is 2.46. The highest BCUT2D eigenvalue weighted by molar-refractivity contribution is 14.0. The summed E-state index contributed by atoms with van der Waals surface area (Å²) in [4.78, 5) is 4.12. The Labute approximate surface area is 156 Å². The van der Waals surface area contributed by atoms with Crippen molar-refractivity contribution in [3.05, 3.63) is 35.4 Å². The maximum absolute atomic E-state index is 10.9. The number of aryl methyl sites for hydroxylation is 1. The third-order valence-electron chi connectivity index (χ3n) is 2.94. The van der Waals surface area contributed by atoms with E-state index in [1.165, 1.54) is 17.4 Å². The summed E-state index contributed by atoms with van der Waals surface area (Å²) in [5, 5.41) is 6.32. The van der Waals surface area contributed by atoms with Crippen LogP contribution in [0, 0.1) is 6.92 Å². The Kier molecular flexibility index (Phi) is 11.2. The van der Waals surface area contributed by atoms with E-state index in [1.807, 2.05) is 0 Å². The standard InChI is InChI=1S/C15H25N3O3S.HI/c1-13-4-6-14(7-5-13)12-18-15(16-2)17-8-9-21-10-11-22(3,19)20;/h4-7H,8-12H2,1-3H3,(H2,16,17,18);1H. The molecule has 8 heteroatoms. The Bertz CT molecular complexity index is 574. The maximum atomic E-state index is 10.9. The van der Waals surface area contributed by atoms with Crippen LogP contribution >= 0.6 is 24.0 Å². The Morgan fingerprint density at radius 3 is 2.39 bits per heavy atom. The molecule has 0 bridgehead atoms. The molecule has 1 rings (SSSR count). The normalized spacial score (nSPS) is 11.7. The fourth-order valence-electron chi connectivity index (χ4n) is 1.67. The molecule has 0 spiro atoms. The molecule has 0 unspecified atom stereocenters. The summed E-state index contributed by atoms with van der Waals surface area (Å²) in [6, 6.07) is 8.29. The number of benzene rings is 1. The lowest BCUT2D eigenvalue weighted by atomic mass is 10.1. The summed E-state index contributed by atoms with van der Waals surface area (Å²) in [6.45, 7) is 3.96. The van der Waals surface area contributed by atoms with E-state index in [2.05, 4.69) is 46.8 Å². The van der Waals surface area contributed by atoms with Gasteiger partial charge >= 0.3 is 0 Å². The van der Waals surface area contributed by atoms with E-state index >= 15 is 0 Å². The van der Waals surface area contributed by atoms with Gasteiger partial charge in [0.2, 0.25) is 0 Å². The summed E-state index contributed by atoms with van der Waals surface area (Å²) in [7, 11) is -1.25. The van der Waals surface area contributed by atoms with Crippen LogP contribution < -0.4 is 10.6 Å². The molecule has 6 nitrogen and oxygen atoms in total. The van der Waals surface area contributed by atoms with Gasteiger partial charge in [0.25, 0.3) is 0 Å². The van der Waals surface area contributed by atoms with Crippen LogP contribution in [0.4, 0.5) is 0 Å². The van der Waals surface area contributed by atoms with Crippen molar-refractivity contribution in [1.82, 2.24) is 10.6 Å². The highest BCUT2D eigenvalue weighted by Gasteiger charge is 2.02. The quantitative estimate of drug-likeness (QED) is 0.268. The summed E-state index contributed by atoms with van der Waals surface area (Å²) < 4.78 is 27.1. The smallest absolute Gasteiger partial charge is 0.191 e. The number of ether oxygens (including phenoxy) is 1. The van der Waals surface area contributed by atoms with E-state index in [0.29, 0.717) is 25.7 Å². The van der Waals surface area contributed by atoms with Crippen molar-refractivity contribution in [2.45, 2.75) is 13.5 Å². The molecular weight excluding hydrogens is 429 g/mol. The number of hydrogen-bond acceptors (Lipinski definition) is 4. The first-order valence-electron chi connectivity index (χ1n) is 7.16. The number of halogens is 1. The topological polar surface area (TPSA) is 79.8 Å². The van der Waals surface area contributed by atoms with Crippen LogP contribution in [0.3, 0.4) is 0 Å². The number of sulfone groups is 1. The number of guanidine groups is 1. The number of nitrogens with one attached hydrogen (secondary N) is 2. The molecule has 0 aliphatic heterocycles. The highest BCUT2D eigenvalue weighted by atomic mass is 127. The molecule has 0 aromatic heterocycles. The van der Waals surface area contributed by atoms with Crippen molar-refractivity contribution in [3.63, 3.8) is 0 Å². The maximum Gasteiger partial charge on any atom is 0.191 e. The molecule has 0 aliphatic rings. The van der Waals surface area contributed by atoms with Crippen LogP contribution in [0.2, 0.25) is 0 Å². The highest BCUT2D eigenvalue weighted by Crippen LogP contribution is 2.02. The van der Waals surface area contributed by atoms with Crippen molar-refractivity contribution in [1.29, 1.82) is 0 Å². The monoisotopic (exact) mass is 455 g/mol. The van der Waals surface area contributed by atoms with Crippen LogP contribution in [0.1, 0.15) is 11.1 Å². The number of rotatable bonds is 8. The van der Waals surface area contributed by atoms with Gasteiger partial charge in [0, 0.05) is 26.4 Å². The predicted molar refractivity (Wildman–Crippen MR) is 105 cm³/mol. The van der Waals surface area contributed by atoms with Gasteiger partial charge in [0.15, 0.2) is 5.96 Å². The summed E-state index contributed by atoms with van der Waals surface area (Å²) >= 11 is 0. The van der Waals surface area contributed by atoms with Crippen molar-refractivity contribution >= 4 is 39.8 Å². The van der Waals surface area contributed by atoms with E-state index in [1.54, 1.807) is 7.05 Å². The lowest BCUT2D eigenvalue weighted by Crippen LogP contribution is -2.38. The minimum absolute atomic E-state index is 0. The second-order valence-corrected chi connectivity index (χ2v) is 7.34. The van der Waals surface area contributed by atoms with Crippen molar-refractivity contribution in [3.8, 4) is 0 Å². The van der Waals surface area contributed by atoms with E-state index in [0.717, 1.165) is 0 Å². The Morgan fingerprint density at radius 1 is 1.17 bits per heavy atom. The van der Waals surface area contributed by atoms with E-state index in [9.17, 15) is 8.42 Å². The first-order chi connectivity index (χ1) is 10.4. The van der Waals surface area contributed by atoms with Crippen molar-refractivity contribution < 1.29 is 13.2 Å². The molecule has 23 heavy (non-hydrogen) atoms. The lowest BCUT2D eigenvalue weighted by Gasteiger charge is -2.12. The molecule has 0 atom stereocenters. The van der Waals surface area contributed by atoms with E-state index in [4.69, 9.17) is 4.74 Å². The second kappa shape index (κ2) is 11.6. The lowest BCUT2D eigenvalue weighted by molar-refractivity contribution is 0.154. The zero-order chi connectivity index (χ0) is 16.4. The Hall–Kier alpha value is -0.870. The predicted octanol–water partition coefficient (Wildman–Crippen LogP) is 1.34. The van der Waals surface area contributed by atoms with Gasteiger partial charge in [-0.3, -0.25) is 4.99 Å². The SMILES string of the molecule is CN=C(NCCOCCS(C)(=O)=O)NCc1ccc(C)cc1.I. The molecule has 0 fully saturated rings. The molecule has 1 aromatic carbocycles. The molecule has 0 radical (unpaired) electrons. The number of aliphatic imine (C=N–C) groups is 1. The van der Waals surface area contributed by atoms with Gasteiger partial charge in [0.1, 0.15) is 9.84 Å². The minimum atomic E-state index is -2.96. The van der Waals surface area contributed by atoms with Gasteiger partial charge in [0.05, 0.1) is 19.0 Å². The molecule has 0 aliphatic carbocycles. The molecule has 0 saturated carbocycles. The van der Waals surface area contributed by atoms with Crippen LogP contribution in [-0.4, -0.2) is 53.2 Å². The molecular formula is C15H26IN3O3S. The molecule has 0 heterocycles. The minimum Gasteiger partial charge on any atom is -0.379 e. The van der Waals surface area contributed by atoms with Crippen LogP contribution in [0.25, 0.3) is 0 Å². The molecule has 1 aromatic rings. The summed E-state index contributed by atoms with van der Waals surface area (Å²) in [5.41, 5.74) is 2.41. The zero-order valence-electron chi connectivity index (χ0n) is 13.8. The number of nitrogens with zero attached hydrogens (tertiary/aromatic N) is 1. The van der Waals surface area contributed by atoms with E-state index < -0.39 is 9.84 Å². The van der Waals surface area contributed by atoms with Gasteiger partial charge in [-0.25, -0.2) is 8.42 Å². The molecule has 132 valence electrons. The summed E-state index contributed by atoms with van der Waals surface area (Å²) in [6.07, 6.45) is 1.20. The fraction of sp³-hybridized carbons (Fsp3) is 0.533. The average molecular weight is 455 g/mol. The molecule has 0 saturated heterocycles. The van der Waals surface area contributed by atoms with Crippen LogP contribution in [0.5, 0.6) is 0 Å². The van der Waals surface area contributed by atoms with Gasteiger partial charge in [-0.05, 0) is 12.5 Å².